The molecule has 0 fully saturated rings. The summed E-state index contributed by atoms with van der Waals surface area (Å²) in [5, 5.41) is 0. The van der Waals surface area contributed by atoms with E-state index in [1.807, 2.05) is 12.1 Å². The van der Waals surface area contributed by atoms with Crippen LogP contribution in [0.2, 0.25) is 0 Å². The van der Waals surface area contributed by atoms with Gasteiger partial charge in [0.05, 0.1) is 16.1 Å². The van der Waals surface area contributed by atoms with Crippen molar-refractivity contribution in [2.75, 3.05) is 7.11 Å². The van der Waals surface area contributed by atoms with Gasteiger partial charge in [-0.3, -0.25) is 0 Å². The SMILES string of the molecule is COc1c(Br)cc(SI)cc1Br. The van der Waals surface area contributed by atoms with Gasteiger partial charge in [-0.15, -0.1) is 0 Å². The standard InChI is InChI=1S/C7H5Br2IOS/c1-11-7-5(8)2-4(12-10)3-6(7)9/h2-3H,1H3. The molecule has 0 atom stereocenters. The van der Waals surface area contributed by atoms with Crippen molar-refractivity contribution in [1.29, 1.82) is 0 Å². The number of benzene rings is 1. The maximum atomic E-state index is 5.17. The Kier molecular flexibility index (Phi) is 4.70. The summed E-state index contributed by atoms with van der Waals surface area (Å²) in [4.78, 5) is 1.19. The number of methoxy groups -OCH3 is 1. The van der Waals surface area contributed by atoms with Crippen LogP contribution in [-0.4, -0.2) is 7.11 Å². The van der Waals surface area contributed by atoms with Crippen molar-refractivity contribution in [3.8, 4) is 5.75 Å². The van der Waals surface area contributed by atoms with Crippen molar-refractivity contribution < 1.29 is 4.74 Å². The molecule has 1 aromatic rings. The maximum Gasteiger partial charge on any atom is 0.147 e. The van der Waals surface area contributed by atoms with Crippen LogP contribution in [0.3, 0.4) is 0 Å². The second kappa shape index (κ2) is 5.07. The highest BCUT2D eigenvalue weighted by Gasteiger charge is 2.06. The molecule has 0 unspecified atom stereocenters. The fourth-order valence-corrected chi connectivity index (χ4v) is 3.68. The Balaban J connectivity index is 3.18. The van der Waals surface area contributed by atoms with E-state index < -0.39 is 0 Å². The maximum absolute atomic E-state index is 5.17. The zero-order valence-corrected chi connectivity index (χ0v) is 12.3. The Morgan fingerprint density at radius 2 is 1.83 bits per heavy atom. The Morgan fingerprint density at radius 1 is 1.33 bits per heavy atom. The molecule has 0 spiro atoms. The van der Waals surface area contributed by atoms with Gasteiger partial charge in [0, 0.05) is 26.1 Å². The van der Waals surface area contributed by atoms with Crippen LogP contribution in [0.4, 0.5) is 0 Å². The number of hydrogen-bond acceptors (Lipinski definition) is 2. The van der Waals surface area contributed by atoms with E-state index >= 15 is 0 Å². The van der Waals surface area contributed by atoms with Gasteiger partial charge < -0.3 is 4.74 Å². The first-order valence-corrected chi connectivity index (χ1v) is 7.95. The highest BCUT2D eigenvalue weighted by Crippen LogP contribution is 2.38. The smallest absolute Gasteiger partial charge is 0.147 e. The molecule has 0 aliphatic rings. The van der Waals surface area contributed by atoms with Gasteiger partial charge in [0.25, 0.3) is 0 Å². The van der Waals surface area contributed by atoms with Crippen LogP contribution in [0.5, 0.6) is 5.75 Å². The average Bonchev–Trinajstić information content (AvgIpc) is 2.03. The zero-order valence-electron chi connectivity index (χ0n) is 6.11. The van der Waals surface area contributed by atoms with Gasteiger partial charge in [0.15, 0.2) is 0 Å². The molecule has 0 saturated carbocycles. The van der Waals surface area contributed by atoms with E-state index in [9.17, 15) is 0 Å². The second-order valence-corrected chi connectivity index (χ2v) is 5.65. The van der Waals surface area contributed by atoms with Gasteiger partial charge in [-0.05, 0) is 44.0 Å². The first kappa shape index (κ1) is 11.1. The van der Waals surface area contributed by atoms with E-state index in [0.29, 0.717) is 0 Å². The number of ether oxygens (including phenoxy) is 1. The minimum atomic E-state index is 0.837. The third-order valence-electron chi connectivity index (χ3n) is 1.27. The van der Waals surface area contributed by atoms with E-state index in [4.69, 9.17) is 4.74 Å². The summed E-state index contributed by atoms with van der Waals surface area (Å²) in [6, 6.07) is 4.06. The van der Waals surface area contributed by atoms with Crippen LogP contribution in [0, 0.1) is 0 Å². The molecule has 0 aliphatic heterocycles. The monoisotopic (exact) mass is 422 g/mol. The summed E-state index contributed by atoms with van der Waals surface area (Å²) in [7, 11) is 3.33. The molecule has 66 valence electrons. The summed E-state index contributed by atoms with van der Waals surface area (Å²) in [5.41, 5.74) is 0. The summed E-state index contributed by atoms with van der Waals surface area (Å²) < 4.78 is 7.11. The van der Waals surface area contributed by atoms with Gasteiger partial charge in [-0.1, -0.05) is 8.93 Å². The summed E-state index contributed by atoms with van der Waals surface area (Å²) in [6.07, 6.45) is 0. The van der Waals surface area contributed by atoms with Crippen LogP contribution in [0.25, 0.3) is 0 Å². The molecular formula is C7H5Br2IOS. The van der Waals surface area contributed by atoms with Crippen molar-refractivity contribution in [3.63, 3.8) is 0 Å². The lowest BCUT2D eigenvalue weighted by molar-refractivity contribution is 0.409. The summed E-state index contributed by atoms with van der Waals surface area (Å²) in [5.74, 6) is 0.837. The van der Waals surface area contributed by atoms with Gasteiger partial charge in [-0.25, -0.2) is 0 Å². The minimum absolute atomic E-state index is 0.837. The van der Waals surface area contributed by atoms with Crippen LogP contribution in [0.15, 0.2) is 26.0 Å². The zero-order chi connectivity index (χ0) is 9.14. The quantitative estimate of drug-likeness (QED) is 0.640. The summed E-state index contributed by atoms with van der Waals surface area (Å²) >= 11 is 9.10. The number of halogens is 3. The Hall–Kier alpha value is 1.06. The van der Waals surface area contributed by atoms with Crippen molar-refractivity contribution in [2.24, 2.45) is 0 Å². The minimum Gasteiger partial charge on any atom is -0.494 e. The summed E-state index contributed by atoms with van der Waals surface area (Å²) in [6.45, 7) is 0. The van der Waals surface area contributed by atoms with Gasteiger partial charge in [0.1, 0.15) is 5.75 Å². The third kappa shape index (κ3) is 2.52. The van der Waals surface area contributed by atoms with E-state index in [1.54, 1.807) is 16.0 Å². The molecule has 0 saturated heterocycles. The number of rotatable bonds is 2. The predicted molar refractivity (Wildman–Crippen MR) is 68.3 cm³/mol. The van der Waals surface area contributed by atoms with E-state index in [2.05, 4.69) is 53.1 Å². The average molecular weight is 424 g/mol. The molecule has 0 amide bonds. The Morgan fingerprint density at radius 3 is 2.17 bits per heavy atom. The second-order valence-electron chi connectivity index (χ2n) is 2.00. The molecule has 0 radical (unpaired) electrons. The van der Waals surface area contributed by atoms with Crippen LogP contribution >= 0.6 is 62.0 Å². The fourth-order valence-electron chi connectivity index (χ4n) is 0.776. The van der Waals surface area contributed by atoms with Gasteiger partial charge >= 0.3 is 0 Å². The van der Waals surface area contributed by atoms with Crippen LogP contribution < -0.4 is 4.74 Å². The molecular weight excluding hydrogens is 419 g/mol. The van der Waals surface area contributed by atoms with E-state index in [-0.39, 0.29) is 0 Å². The number of hydrogen-bond donors (Lipinski definition) is 0. The van der Waals surface area contributed by atoms with E-state index in [0.717, 1.165) is 14.7 Å². The Labute approximate surface area is 104 Å². The van der Waals surface area contributed by atoms with Crippen molar-refractivity contribution in [3.05, 3.63) is 21.1 Å². The molecule has 0 aliphatic carbocycles. The van der Waals surface area contributed by atoms with Crippen LogP contribution in [-0.2, 0) is 0 Å². The molecule has 5 heteroatoms. The lowest BCUT2D eigenvalue weighted by atomic mass is 10.3. The lowest BCUT2D eigenvalue weighted by Gasteiger charge is -2.06. The first-order valence-electron chi connectivity index (χ1n) is 3.00. The van der Waals surface area contributed by atoms with Crippen molar-refractivity contribution in [1.82, 2.24) is 0 Å². The molecule has 0 bridgehead atoms. The third-order valence-corrected chi connectivity index (χ3v) is 4.38. The molecule has 1 aromatic carbocycles. The Bertz CT molecular complexity index is 270. The predicted octanol–water partition coefficient (Wildman–Crippen LogP) is 4.66. The fraction of sp³-hybridized carbons (Fsp3) is 0.143. The topological polar surface area (TPSA) is 9.23 Å². The highest BCUT2D eigenvalue weighted by atomic mass is 127. The normalized spacial score (nSPS) is 10.0. The largest absolute Gasteiger partial charge is 0.494 e. The van der Waals surface area contributed by atoms with Crippen LogP contribution in [0.1, 0.15) is 0 Å². The molecule has 1 rings (SSSR count). The molecule has 0 heterocycles. The molecule has 12 heavy (non-hydrogen) atoms. The van der Waals surface area contributed by atoms with E-state index in [1.165, 1.54) is 4.90 Å². The van der Waals surface area contributed by atoms with Crippen molar-refractivity contribution in [2.45, 2.75) is 4.90 Å². The first-order chi connectivity index (χ1) is 5.69. The van der Waals surface area contributed by atoms with Crippen molar-refractivity contribution >= 4 is 62.0 Å². The van der Waals surface area contributed by atoms with Gasteiger partial charge in [0.2, 0.25) is 0 Å². The molecule has 0 N–H and O–H groups in total. The van der Waals surface area contributed by atoms with Gasteiger partial charge in [-0.2, -0.15) is 0 Å². The molecule has 1 nitrogen and oxygen atoms in total. The highest BCUT2D eigenvalue weighted by molar-refractivity contribution is 14.2. The lowest BCUT2D eigenvalue weighted by Crippen LogP contribution is -1.85. The molecule has 0 aromatic heterocycles.